The molecule has 0 atom stereocenters. The third kappa shape index (κ3) is 2.63. The maximum Gasteiger partial charge on any atom is 0.0787 e. The molecule has 0 N–H and O–H groups in total. The summed E-state index contributed by atoms with van der Waals surface area (Å²) in [5.41, 5.74) is 6.60. The monoisotopic (exact) mass is 297 g/mol. The molecule has 2 aliphatic rings. The lowest BCUT2D eigenvalue weighted by molar-refractivity contribution is 1.13. The second kappa shape index (κ2) is 5.77. The summed E-state index contributed by atoms with van der Waals surface area (Å²) in [7, 11) is 0. The van der Waals surface area contributed by atoms with Crippen molar-refractivity contribution in [3.05, 3.63) is 102 Å². The molecule has 2 aromatic rings. The highest BCUT2D eigenvalue weighted by atomic mass is 15.2. The Morgan fingerprint density at radius 3 is 1.35 bits per heavy atom. The quantitative estimate of drug-likeness (QED) is 0.790. The van der Waals surface area contributed by atoms with E-state index in [1.165, 1.54) is 11.1 Å². The number of fused-ring (bicyclic) bond motifs is 1. The van der Waals surface area contributed by atoms with Crippen molar-refractivity contribution < 1.29 is 0 Å². The van der Waals surface area contributed by atoms with Gasteiger partial charge in [0.1, 0.15) is 0 Å². The van der Waals surface area contributed by atoms with Crippen molar-refractivity contribution in [2.45, 2.75) is 13.8 Å². The van der Waals surface area contributed by atoms with Crippen molar-refractivity contribution in [1.29, 1.82) is 0 Å². The van der Waals surface area contributed by atoms with Crippen LogP contribution in [0, 0.1) is 44.9 Å². The summed E-state index contributed by atoms with van der Waals surface area (Å²) < 4.78 is 0. The predicted molar refractivity (Wildman–Crippen MR) is 94.8 cm³/mol. The molecule has 1 heterocycles. The van der Waals surface area contributed by atoms with Gasteiger partial charge in [0.2, 0.25) is 0 Å². The molecule has 111 valence electrons. The molecule has 0 unspecified atom stereocenters. The lowest BCUT2D eigenvalue weighted by atomic mass is 9.81. The van der Waals surface area contributed by atoms with Crippen LogP contribution in [-0.4, -0.2) is 11.4 Å². The third-order valence-corrected chi connectivity index (χ3v) is 4.23. The maximum absolute atomic E-state index is 4.53. The van der Waals surface area contributed by atoms with Crippen LogP contribution in [0.25, 0.3) is 0 Å². The van der Waals surface area contributed by atoms with Gasteiger partial charge in [-0.25, -0.2) is 0 Å². The Morgan fingerprint density at radius 2 is 0.957 bits per heavy atom. The molecule has 2 nitrogen and oxygen atoms in total. The van der Waals surface area contributed by atoms with Crippen LogP contribution in [-0.2, 0) is 0 Å². The van der Waals surface area contributed by atoms with Crippen LogP contribution < -0.4 is 0 Å². The fourth-order valence-electron chi connectivity index (χ4n) is 2.89. The van der Waals surface area contributed by atoms with Crippen LogP contribution in [0.4, 0.5) is 0 Å². The van der Waals surface area contributed by atoms with E-state index < -0.39 is 0 Å². The van der Waals surface area contributed by atoms with Gasteiger partial charge in [-0.1, -0.05) is 59.7 Å². The summed E-state index contributed by atoms with van der Waals surface area (Å²) in [6, 6.07) is 16.9. The highest BCUT2D eigenvalue weighted by molar-refractivity contribution is 6.27. The number of rotatable bonds is 2. The van der Waals surface area contributed by atoms with Crippen molar-refractivity contribution in [2.75, 3.05) is 0 Å². The van der Waals surface area contributed by atoms with E-state index in [4.69, 9.17) is 0 Å². The van der Waals surface area contributed by atoms with E-state index in [0.29, 0.717) is 0 Å². The predicted octanol–water partition coefficient (Wildman–Crippen LogP) is 4.29. The fourth-order valence-corrected chi connectivity index (χ4v) is 2.89. The Kier molecular flexibility index (Phi) is 3.60. The Bertz CT molecular complexity index is 699. The normalized spacial score (nSPS) is 18.5. The fraction of sp³-hybridized carbons (Fsp3) is 0.0952. The van der Waals surface area contributed by atoms with Gasteiger partial charge in [0.25, 0.3) is 0 Å². The average Bonchev–Trinajstić information content (AvgIpc) is 3.05. The zero-order valence-corrected chi connectivity index (χ0v) is 13.2. The average molecular weight is 297 g/mol. The van der Waals surface area contributed by atoms with E-state index in [-0.39, 0.29) is 0 Å². The Balaban J connectivity index is 1.75. The van der Waals surface area contributed by atoms with Crippen LogP contribution in [0.2, 0.25) is 0 Å². The molecule has 0 saturated heterocycles. The minimum absolute atomic E-state index is 0.945. The smallest absolute Gasteiger partial charge is 0.0787 e. The zero-order valence-electron chi connectivity index (χ0n) is 13.2. The summed E-state index contributed by atoms with van der Waals surface area (Å²) in [4.78, 5) is 0. The molecule has 2 heteroatoms. The molecule has 1 fully saturated rings. The summed E-state index contributed by atoms with van der Waals surface area (Å²) >= 11 is 0. The van der Waals surface area contributed by atoms with Crippen LogP contribution in [0.5, 0.6) is 0 Å². The SMILES string of the molecule is Cc1ccc(C2=NN=C(c3ccc(C)cc3)[C]3[CH][CH][CH][C]32)cc1. The molecule has 1 aliphatic carbocycles. The van der Waals surface area contributed by atoms with E-state index in [9.17, 15) is 0 Å². The van der Waals surface area contributed by atoms with Gasteiger partial charge in [-0.05, 0) is 44.2 Å². The second-order valence-electron chi connectivity index (χ2n) is 5.98. The molecule has 1 saturated carbocycles. The van der Waals surface area contributed by atoms with Gasteiger partial charge in [0.05, 0.1) is 11.4 Å². The van der Waals surface area contributed by atoms with Gasteiger partial charge in [-0.2, -0.15) is 10.2 Å². The van der Waals surface area contributed by atoms with Crippen LogP contribution in [0.3, 0.4) is 0 Å². The summed E-state index contributed by atoms with van der Waals surface area (Å²) in [6.07, 6.45) is 6.32. The first-order valence-electron chi connectivity index (χ1n) is 7.78. The van der Waals surface area contributed by atoms with Gasteiger partial charge in [0.15, 0.2) is 0 Å². The number of hydrogen-bond donors (Lipinski definition) is 0. The standard InChI is InChI=1S/C21H17N2/c1-14-6-10-16(11-7-14)20-18-4-3-5-19(18)21(23-22-20)17-12-8-15(2)9-13-17/h3-13H,1-2H3. The van der Waals surface area contributed by atoms with Gasteiger partial charge in [-0.3, -0.25) is 0 Å². The summed E-state index contributed by atoms with van der Waals surface area (Å²) in [5, 5.41) is 9.06. The molecular formula is C21H17N2. The van der Waals surface area contributed by atoms with Crippen molar-refractivity contribution in [1.82, 2.24) is 0 Å². The molecule has 0 aromatic heterocycles. The first-order valence-corrected chi connectivity index (χ1v) is 7.78. The largest absolute Gasteiger partial charge is 0.154 e. The molecular weight excluding hydrogens is 280 g/mol. The Labute approximate surface area is 138 Å². The highest BCUT2D eigenvalue weighted by Crippen LogP contribution is 2.41. The minimum atomic E-state index is 0.945. The molecule has 23 heavy (non-hydrogen) atoms. The Morgan fingerprint density at radius 1 is 0.565 bits per heavy atom. The number of hydrogen-bond acceptors (Lipinski definition) is 2. The maximum atomic E-state index is 4.53. The van der Waals surface area contributed by atoms with Gasteiger partial charge >= 0.3 is 0 Å². The molecule has 1 aliphatic heterocycles. The van der Waals surface area contributed by atoms with E-state index in [1.807, 2.05) is 0 Å². The molecule has 0 spiro atoms. The molecule has 0 amide bonds. The molecule has 5 radical (unpaired) electrons. The van der Waals surface area contributed by atoms with Crippen LogP contribution in [0.1, 0.15) is 22.3 Å². The topological polar surface area (TPSA) is 24.7 Å². The zero-order chi connectivity index (χ0) is 15.8. The van der Waals surface area contributed by atoms with E-state index in [2.05, 4.69) is 91.8 Å². The van der Waals surface area contributed by atoms with Gasteiger partial charge < -0.3 is 0 Å². The van der Waals surface area contributed by atoms with Crippen LogP contribution in [0.15, 0.2) is 58.7 Å². The summed E-state index contributed by atoms with van der Waals surface area (Å²) in [6.45, 7) is 4.18. The molecule has 4 rings (SSSR count). The van der Waals surface area contributed by atoms with Crippen molar-refractivity contribution >= 4 is 11.4 Å². The van der Waals surface area contributed by atoms with Crippen LogP contribution >= 0.6 is 0 Å². The highest BCUT2D eigenvalue weighted by Gasteiger charge is 2.40. The van der Waals surface area contributed by atoms with E-state index in [0.717, 1.165) is 34.4 Å². The minimum Gasteiger partial charge on any atom is -0.154 e. The van der Waals surface area contributed by atoms with Crippen molar-refractivity contribution in [3.63, 3.8) is 0 Å². The number of benzene rings is 2. The van der Waals surface area contributed by atoms with E-state index >= 15 is 0 Å². The lowest BCUT2D eigenvalue weighted by Gasteiger charge is -2.25. The first-order chi connectivity index (χ1) is 11.2. The number of aryl methyl sites for hydroxylation is 2. The molecule has 2 aromatic carbocycles. The van der Waals surface area contributed by atoms with Crippen molar-refractivity contribution in [3.8, 4) is 0 Å². The third-order valence-electron chi connectivity index (χ3n) is 4.23. The van der Waals surface area contributed by atoms with Gasteiger partial charge in [-0.15, -0.1) is 0 Å². The van der Waals surface area contributed by atoms with Crippen molar-refractivity contribution in [2.24, 2.45) is 10.2 Å². The Hall–Kier alpha value is -2.22. The van der Waals surface area contributed by atoms with E-state index in [1.54, 1.807) is 0 Å². The van der Waals surface area contributed by atoms with Gasteiger partial charge in [0, 0.05) is 11.8 Å². The number of nitrogens with zero attached hydrogens (tertiary/aromatic N) is 2. The summed E-state index contributed by atoms with van der Waals surface area (Å²) in [5.74, 6) is 2.30. The second-order valence-corrected chi connectivity index (χ2v) is 5.98. The first kappa shape index (κ1) is 14.4. The lowest BCUT2D eigenvalue weighted by Crippen LogP contribution is -2.27. The molecule has 0 bridgehead atoms.